The Balaban J connectivity index is 1.95. The largest absolute Gasteiger partial charge is 0.339 e. The first kappa shape index (κ1) is 12.2. The lowest BCUT2D eigenvalue weighted by Gasteiger charge is -2.22. The monoisotopic (exact) mass is 253 g/mol. The van der Waals surface area contributed by atoms with Crippen molar-refractivity contribution in [2.24, 2.45) is 0 Å². The smallest absolute Gasteiger partial charge is 0.0643 e. The molecule has 98 valence electrons. The van der Waals surface area contributed by atoms with E-state index in [1.807, 2.05) is 12.4 Å². The van der Waals surface area contributed by atoms with Crippen molar-refractivity contribution in [2.75, 3.05) is 18.0 Å². The Hall–Kier alpha value is -1.87. The van der Waals surface area contributed by atoms with Crippen LogP contribution in [-0.2, 0) is 13.0 Å². The van der Waals surface area contributed by atoms with Crippen LogP contribution < -0.4 is 10.2 Å². The number of aromatic nitrogens is 1. The lowest BCUT2D eigenvalue weighted by Crippen LogP contribution is -2.19. The van der Waals surface area contributed by atoms with Gasteiger partial charge in [-0.1, -0.05) is 25.1 Å². The van der Waals surface area contributed by atoms with Gasteiger partial charge in [0.2, 0.25) is 0 Å². The Morgan fingerprint density at radius 1 is 1.21 bits per heavy atom. The highest BCUT2D eigenvalue weighted by atomic mass is 15.2. The second-order valence-corrected chi connectivity index (χ2v) is 4.82. The van der Waals surface area contributed by atoms with Gasteiger partial charge in [0.1, 0.15) is 0 Å². The maximum atomic E-state index is 4.30. The van der Waals surface area contributed by atoms with Crippen molar-refractivity contribution in [3.05, 3.63) is 53.9 Å². The van der Waals surface area contributed by atoms with E-state index in [4.69, 9.17) is 0 Å². The Labute approximate surface area is 114 Å². The van der Waals surface area contributed by atoms with Gasteiger partial charge in [-0.25, -0.2) is 0 Å². The molecule has 0 saturated carbocycles. The number of anilines is 2. The van der Waals surface area contributed by atoms with E-state index in [-0.39, 0.29) is 0 Å². The van der Waals surface area contributed by atoms with Gasteiger partial charge >= 0.3 is 0 Å². The van der Waals surface area contributed by atoms with Crippen molar-refractivity contribution < 1.29 is 0 Å². The minimum Gasteiger partial charge on any atom is -0.339 e. The second kappa shape index (κ2) is 5.41. The van der Waals surface area contributed by atoms with Crippen molar-refractivity contribution in [1.82, 2.24) is 10.3 Å². The molecule has 0 atom stereocenters. The van der Waals surface area contributed by atoms with Crippen molar-refractivity contribution in [3.8, 4) is 0 Å². The van der Waals surface area contributed by atoms with E-state index in [0.29, 0.717) is 0 Å². The maximum Gasteiger partial charge on any atom is 0.0643 e. The van der Waals surface area contributed by atoms with E-state index in [1.165, 1.54) is 22.5 Å². The molecular weight excluding hydrogens is 234 g/mol. The van der Waals surface area contributed by atoms with Gasteiger partial charge in [-0.3, -0.25) is 4.98 Å². The summed E-state index contributed by atoms with van der Waals surface area (Å²) in [7, 11) is 0. The highest BCUT2D eigenvalue weighted by molar-refractivity contribution is 5.71. The highest BCUT2D eigenvalue weighted by Crippen LogP contribution is 2.35. The summed E-state index contributed by atoms with van der Waals surface area (Å²) in [5, 5.41) is 3.40. The second-order valence-electron chi connectivity index (χ2n) is 4.82. The molecule has 0 spiro atoms. The molecule has 3 nitrogen and oxygen atoms in total. The summed E-state index contributed by atoms with van der Waals surface area (Å²) in [6.07, 6.45) is 4.97. The van der Waals surface area contributed by atoms with Crippen LogP contribution in [0.3, 0.4) is 0 Å². The van der Waals surface area contributed by atoms with Crippen LogP contribution in [0.4, 0.5) is 11.4 Å². The molecule has 0 saturated heterocycles. The van der Waals surface area contributed by atoms with E-state index in [9.17, 15) is 0 Å². The number of benzene rings is 1. The first-order valence-corrected chi connectivity index (χ1v) is 6.89. The molecule has 0 amide bonds. The van der Waals surface area contributed by atoms with Crippen LogP contribution in [-0.4, -0.2) is 18.1 Å². The molecule has 0 bridgehead atoms. The Kier molecular flexibility index (Phi) is 3.47. The summed E-state index contributed by atoms with van der Waals surface area (Å²) in [6.45, 7) is 5.06. The number of nitrogens with one attached hydrogen (secondary N) is 1. The van der Waals surface area contributed by atoms with E-state index >= 15 is 0 Å². The van der Waals surface area contributed by atoms with E-state index in [1.54, 1.807) is 0 Å². The Morgan fingerprint density at radius 3 is 3.00 bits per heavy atom. The fraction of sp³-hybridized carbons (Fsp3) is 0.312. The van der Waals surface area contributed by atoms with Crippen LogP contribution in [0.2, 0.25) is 0 Å². The molecule has 2 aromatic rings. The van der Waals surface area contributed by atoms with Crippen LogP contribution in [0.15, 0.2) is 42.7 Å². The van der Waals surface area contributed by atoms with E-state index in [2.05, 4.69) is 52.5 Å². The number of fused-ring (bicyclic) bond motifs is 1. The van der Waals surface area contributed by atoms with Crippen molar-refractivity contribution in [2.45, 2.75) is 19.9 Å². The number of pyridine rings is 1. The van der Waals surface area contributed by atoms with Gasteiger partial charge in [-0.05, 0) is 36.2 Å². The first-order chi connectivity index (χ1) is 9.40. The normalized spacial score (nSPS) is 13.6. The van der Waals surface area contributed by atoms with E-state index in [0.717, 1.165) is 26.1 Å². The van der Waals surface area contributed by atoms with Crippen molar-refractivity contribution in [3.63, 3.8) is 0 Å². The molecule has 3 rings (SSSR count). The molecule has 0 fully saturated rings. The lowest BCUT2D eigenvalue weighted by atomic mass is 10.1. The minimum atomic E-state index is 0.896. The lowest BCUT2D eigenvalue weighted by molar-refractivity contribution is 0.724. The molecule has 1 aliphatic rings. The summed E-state index contributed by atoms with van der Waals surface area (Å²) >= 11 is 0. The molecule has 1 aliphatic heterocycles. The van der Waals surface area contributed by atoms with Gasteiger partial charge in [-0.2, -0.15) is 0 Å². The van der Waals surface area contributed by atoms with Gasteiger partial charge in [-0.15, -0.1) is 0 Å². The number of para-hydroxylation sites is 1. The van der Waals surface area contributed by atoms with Crippen LogP contribution >= 0.6 is 0 Å². The summed E-state index contributed by atoms with van der Waals surface area (Å²) in [6, 6.07) is 10.8. The molecule has 1 N–H and O–H groups in total. The Morgan fingerprint density at radius 2 is 2.11 bits per heavy atom. The maximum absolute atomic E-state index is 4.30. The van der Waals surface area contributed by atoms with E-state index < -0.39 is 0 Å². The van der Waals surface area contributed by atoms with Crippen molar-refractivity contribution >= 4 is 11.4 Å². The number of hydrogen-bond donors (Lipinski definition) is 1. The fourth-order valence-electron chi connectivity index (χ4n) is 2.66. The zero-order chi connectivity index (χ0) is 13.1. The van der Waals surface area contributed by atoms with Gasteiger partial charge in [0.15, 0.2) is 0 Å². The van der Waals surface area contributed by atoms with Crippen LogP contribution in [0.1, 0.15) is 18.1 Å². The average molecular weight is 253 g/mol. The third-order valence-electron chi connectivity index (χ3n) is 3.63. The zero-order valence-electron chi connectivity index (χ0n) is 11.3. The molecule has 19 heavy (non-hydrogen) atoms. The molecule has 0 aliphatic carbocycles. The predicted octanol–water partition coefficient (Wildman–Crippen LogP) is 2.89. The molecule has 1 aromatic carbocycles. The molecule has 0 unspecified atom stereocenters. The molecular formula is C16H19N3. The standard InChI is InChI=1S/C16H19N3/c1-2-17-11-14-7-9-18-12-16(14)19-10-8-13-5-3-4-6-15(13)19/h3-7,9,12,17H,2,8,10-11H2,1H3. The highest BCUT2D eigenvalue weighted by Gasteiger charge is 2.21. The molecule has 2 heterocycles. The van der Waals surface area contributed by atoms with Crippen LogP contribution in [0.5, 0.6) is 0 Å². The van der Waals surface area contributed by atoms with Crippen LogP contribution in [0.25, 0.3) is 0 Å². The third-order valence-corrected chi connectivity index (χ3v) is 3.63. The zero-order valence-corrected chi connectivity index (χ0v) is 11.3. The number of rotatable bonds is 4. The summed E-state index contributed by atoms with van der Waals surface area (Å²) in [4.78, 5) is 6.69. The topological polar surface area (TPSA) is 28.2 Å². The molecule has 1 aromatic heterocycles. The van der Waals surface area contributed by atoms with Gasteiger partial charge < -0.3 is 10.2 Å². The summed E-state index contributed by atoms with van der Waals surface area (Å²) < 4.78 is 0. The third kappa shape index (κ3) is 2.34. The average Bonchev–Trinajstić information content (AvgIpc) is 2.89. The molecule has 3 heteroatoms. The summed E-state index contributed by atoms with van der Waals surface area (Å²) in [5.74, 6) is 0. The number of hydrogen-bond acceptors (Lipinski definition) is 3. The van der Waals surface area contributed by atoms with Crippen LogP contribution in [0, 0.1) is 0 Å². The summed E-state index contributed by atoms with van der Waals surface area (Å²) in [5.41, 5.74) is 5.30. The van der Waals surface area contributed by atoms with Gasteiger partial charge in [0.25, 0.3) is 0 Å². The quantitative estimate of drug-likeness (QED) is 0.908. The number of nitrogens with zero attached hydrogens (tertiary/aromatic N) is 2. The predicted molar refractivity (Wildman–Crippen MR) is 78.8 cm³/mol. The van der Waals surface area contributed by atoms with Crippen molar-refractivity contribution in [1.29, 1.82) is 0 Å². The molecule has 0 radical (unpaired) electrons. The van der Waals surface area contributed by atoms with Gasteiger partial charge in [0.05, 0.1) is 11.9 Å². The minimum absolute atomic E-state index is 0.896. The van der Waals surface area contributed by atoms with Gasteiger partial charge in [0, 0.05) is 25.0 Å². The Bertz CT molecular complexity index is 565. The first-order valence-electron chi connectivity index (χ1n) is 6.89. The fourth-order valence-corrected chi connectivity index (χ4v) is 2.66. The SMILES string of the molecule is CCNCc1ccncc1N1CCc2ccccc21.